The van der Waals surface area contributed by atoms with E-state index in [1.807, 2.05) is 0 Å². The molecule has 1 fully saturated rings. The third-order valence-corrected chi connectivity index (χ3v) is 7.61. The summed E-state index contributed by atoms with van der Waals surface area (Å²) in [6.45, 7) is -0.997. The molecule has 20 heteroatoms. The number of carbonyl (C=O) groups excluding carboxylic acids is 1. The molecule has 7 atom stereocenters. The van der Waals surface area contributed by atoms with Crippen molar-refractivity contribution in [2.45, 2.75) is 30.7 Å². The summed E-state index contributed by atoms with van der Waals surface area (Å²) >= 11 is 0. The number of nitrogens with zero attached hydrogens (tertiary/aromatic N) is 1. The van der Waals surface area contributed by atoms with Crippen molar-refractivity contribution in [2.24, 2.45) is 5.73 Å². The van der Waals surface area contributed by atoms with Gasteiger partial charge < -0.3 is 44.7 Å². The first-order valence-corrected chi connectivity index (χ1v) is 12.3. The molecule has 30 heavy (non-hydrogen) atoms. The molecule has 4 unspecified atom stereocenters. The first-order chi connectivity index (χ1) is 13.5. The molecule has 174 valence electrons. The van der Waals surface area contributed by atoms with E-state index in [9.17, 15) is 33.6 Å². The zero-order valence-electron chi connectivity index (χ0n) is 15.0. The van der Waals surface area contributed by atoms with Crippen LogP contribution in [0.25, 0.3) is 0 Å². The van der Waals surface area contributed by atoms with Gasteiger partial charge in [0.05, 0.1) is 12.2 Å². The molecule has 0 bridgehead atoms. The van der Waals surface area contributed by atoms with Crippen molar-refractivity contribution in [3.05, 3.63) is 11.8 Å². The first-order valence-electron chi connectivity index (χ1n) is 7.81. The van der Waals surface area contributed by atoms with E-state index in [-0.39, 0.29) is 5.57 Å². The minimum Gasteiger partial charge on any atom is -0.387 e. The lowest BCUT2D eigenvalue weighted by Crippen LogP contribution is -2.56. The molecule has 1 amide bonds. The van der Waals surface area contributed by atoms with E-state index in [1.165, 1.54) is 18.1 Å². The molecule has 0 aliphatic carbocycles. The molecule has 9 N–H and O–H groups in total. The van der Waals surface area contributed by atoms with Gasteiger partial charge in [0.2, 0.25) is 0 Å². The fourth-order valence-corrected chi connectivity index (χ4v) is 5.52. The second-order valence-electron chi connectivity index (χ2n) is 6.13. The highest BCUT2D eigenvalue weighted by Gasteiger charge is 2.48. The van der Waals surface area contributed by atoms with Crippen LogP contribution in [0.5, 0.6) is 0 Å². The third kappa shape index (κ3) is 6.63. The number of aliphatic hydroxyl groups excluding tert-OH is 2. The van der Waals surface area contributed by atoms with Gasteiger partial charge in [-0.3, -0.25) is 15.1 Å². The molecule has 2 aliphatic heterocycles. The van der Waals surface area contributed by atoms with Gasteiger partial charge >= 0.3 is 23.5 Å². The Morgan fingerprint density at radius 1 is 1.13 bits per heavy atom. The molecule has 2 heterocycles. The molecule has 0 aromatic heterocycles. The SMILES string of the molecule is CN1C=C([C@@H]2O[C@H](COP(=O)(O)OP(=O)(O)OP(=O)(O)O)C(O)[C@@H]2O)C(=O)NC1N. The van der Waals surface area contributed by atoms with Gasteiger partial charge in [0.15, 0.2) is 6.29 Å². The maximum absolute atomic E-state index is 12.1. The lowest BCUT2D eigenvalue weighted by molar-refractivity contribution is -0.122. The predicted octanol–water partition coefficient (Wildman–Crippen LogP) is -2.99. The van der Waals surface area contributed by atoms with E-state index in [2.05, 4.69) is 18.5 Å². The summed E-state index contributed by atoms with van der Waals surface area (Å²) < 4.78 is 50.3. The zero-order valence-corrected chi connectivity index (χ0v) is 17.7. The number of phosphoric acid groups is 3. The largest absolute Gasteiger partial charge is 0.490 e. The van der Waals surface area contributed by atoms with Crippen molar-refractivity contribution < 1.29 is 66.2 Å². The Morgan fingerprint density at radius 2 is 1.73 bits per heavy atom. The van der Waals surface area contributed by atoms with E-state index >= 15 is 0 Å². The summed E-state index contributed by atoms with van der Waals surface area (Å²) in [5, 5.41) is 22.5. The highest BCUT2D eigenvalue weighted by atomic mass is 31.3. The van der Waals surface area contributed by atoms with E-state index in [4.69, 9.17) is 25.2 Å². The fraction of sp³-hybridized carbons (Fsp3) is 0.700. The Balaban J connectivity index is 2.03. The number of carbonyl (C=O) groups is 1. The van der Waals surface area contributed by atoms with Gasteiger partial charge in [-0.15, -0.1) is 0 Å². The summed E-state index contributed by atoms with van der Waals surface area (Å²) in [6, 6.07) is 0. The Labute approximate surface area is 168 Å². The van der Waals surface area contributed by atoms with Crippen LogP contribution < -0.4 is 11.1 Å². The lowest BCUT2D eigenvalue weighted by atomic mass is 10.0. The van der Waals surface area contributed by atoms with Crippen LogP contribution >= 0.6 is 23.5 Å². The van der Waals surface area contributed by atoms with Gasteiger partial charge in [-0.25, -0.2) is 13.7 Å². The molecule has 2 aliphatic rings. The van der Waals surface area contributed by atoms with Gasteiger partial charge in [0, 0.05) is 13.2 Å². The highest BCUT2D eigenvalue weighted by molar-refractivity contribution is 7.66. The maximum atomic E-state index is 12.1. The van der Waals surface area contributed by atoms with E-state index in [0.29, 0.717) is 0 Å². The monoisotopic (exact) mass is 499 g/mol. The second kappa shape index (κ2) is 9.02. The summed E-state index contributed by atoms with van der Waals surface area (Å²) in [7, 11) is -15.2. The van der Waals surface area contributed by atoms with E-state index < -0.39 is 66.7 Å². The Kier molecular flexibility index (Phi) is 7.67. The Morgan fingerprint density at radius 3 is 2.30 bits per heavy atom. The number of ether oxygens (including phenoxy) is 1. The van der Waals surface area contributed by atoms with Gasteiger partial charge in [-0.1, -0.05) is 0 Å². The van der Waals surface area contributed by atoms with Gasteiger partial charge in [-0.2, -0.15) is 8.62 Å². The number of rotatable bonds is 8. The Hall–Kier alpha value is -0.740. The Bertz CT molecular complexity index is 845. The first kappa shape index (κ1) is 25.5. The van der Waals surface area contributed by atoms with Crippen LogP contribution in [0.3, 0.4) is 0 Å². The van der Waals surface area contributed by atoms with Crippen LogP contribution in [0.2, 0.25) is 0 Å². The van der Waals surface area contributed by atoms with Crippen molar-refractivity contribution >= 4 is 29.4 Å². The molecule has 0 radical (unpaired) electrons. The normalized spacial score (nSPS) is 34.1. The smallest absolute Gasteiger partial charge is 0.387 e. The van der Waals surface area contributed by atoms with Crippen molar-refractivity contribution in [1.29, 1.82) is 0 Å². The number of nitrogens with two attached hydrogens (primary N) is 1. The summed E-state index contributed by atoms with van der Waals surface area (Å²) in [5.74, 6) is -0.703. The van der Waals surface area contributed by atoms with Gasteiger partial charge in [0.25, 0.3) is 5.91 Å². The second-order valence-corrected chi connectivity index (χ2v) is 10.6. The summed E-state index contributed by atoms with van der Waals surface area (Å²) in [4.78, 5) is 48.9. The number of phosphoric ester groups is 1. The van der Waals surface area contributed by atoms with Crippen LogP contribution in [0, 0.1) is 0 Å². The lowest BCUT2D eigenvalue weighted by Gasteiger charge is -2.32. The van der Waals surface area contributed by atoms with Crippen LogP contribution in [0.4, 0.5) is 0 Å². The van der Waals surface area contributed by atoms with E-state index in [0.717, 1.165) is 0 Å². The number of hydrogen-bond acceptors (Lipinski definition) is 12. The van der Waals surface area contributed by atoms with Crippen molar-refractivity contribution in [3.63, 3.8) is 0 Å². The molecule has 17 nitrogen and oxygen atoms in total. The minimum atomic E-state index is -5.71. The summed E-state index contributed by atoms with van der Waals surface area (Å²) in [6.07, 6.45) is -5.87. The van der Waals surface area contributed by atoms with Crippen molar-refractivity contribution in [1.82, 2.24) is 10.2 Å². The van der Waals surface area contributed by atoms with Crippen LogP contribution in [0.1, 0.15) is 0 Å². The van der Waals surface area contributed by atoms with Gasteiger partial charge in [0.1, 0.15) is 24.4 Å². The molecule has 2 rings (SSSR count). The molecule has 0 saturated carbocycles. The maximum Gasteiger partial charge on any atom is 0.490 e. The molecular weight excluding hydrogens is 479 g/mol. The molecule has 0 aromatic rings. The fourth-order valence-electron chi connectivity index (χ4n) is 2.49. The third-order valence-electron chi connectivity index (χ3n) is 3.81. The molecule has 1 saturated heterocycles. The van der Waals surface area contributed by atoms with Crippen molar-refractivity contribution in [2.75, 3.05) is 13.7 Å². The topological polar surface area (TPSA) is 268 Å². The number of hydrogen-bond donors (Lipinski definition) is 8. The minimum absolute atomic E-state index is 0.119. The average molecular weight is 499 g/mol. The number of amides is 1. The molecule has 0 spiro atoms. The number of aliphatic hydroxyl groups is 2. The van der Waals surface area contributed by atoms with E-state index in [1.54, 1.807) is 0 Å². The predicted molar refractivity (Wildman–Crippen MR) is 92.5 cm³/mol. The number of nitrogens with one attached hydrogen (secondary N) is 1. The quantitative estimate of drug-likeness (QED) is 0.155. The standard InChI is InChI=1S/C10H20N3O14P3/c1-13-2-4(9(16)12-10(13)11)8-7(15)6(14)5(25-8)3-24-29(20,21)27-30(22,23)26-28(17,18)19/h2,5-8,10,14-15H,3,11H2,1H3,(H,12,16)(H,20,21)(H,22,23)(H2,17,18,19)/t5-,6?,7+,8+,10?/m1/s1. The average Bonchev–Trinajstić information content (AvgIpc) is 2.81. The summed E-state index contributed by atoms with van der Waals surface area (Å²) in [5.41, 5.74) is 5.49. The highest BCUT2D eigenvalue weighted by Crippen LogP contribution is 2.66. The van der Waals surface area contributed by atoms with Gasteiger partial charge in [-0.05, 0) is 0 Å². The van der Waals surface area contributed by atoms with Crippen LogP contribution in [-0.2, 0) is 36.4 Å². The molecular formula is C10H20N3O14P3. The van der Waals surface area contributed by atoms with Crippen molar-refractivity contribution in [3.8, 4) is 0 Å². The zero-order chi connectivity index (χ0) is 23.1. The van der Waals surface area contributed by atoms with Crippen LogP contribution in [0.15, 0.2) is 11.8 Å². The molecule has 0 aromatic carbocycles. The van der Waals surface area contributed by atoms with Crippen LogP contribution in [-0.4, -0.2) is 85.0 Å².